The number of para-hydroxylation sites is 1. The van der Waals surface area contributed by atoms with Crippen molar-refractivity contribution in [3.63, 3.8) is 0 Å². The van der Waals surface area contributed by atoms with Crippen molar-refractivity contribution >= 4 is 16.8 Å². The van der Waals surface area contributed by atoms with E-state index in [2.05, 4.69) is 48.0 Å². The van der Waals surface area contributed by atoms with Gasteiger partial charge in [0, 0.05) is 28.7 Å². The number of H-pyrrole nitrogens is 1. The lowest BCUT2D eigenvalue weighted by Gasteiger charge is -2.38. The molecular weight excluding hydrogens is 308 g/mol. The predicted octanol–water partition coefficient (Wildman–Crippen LogP) is 4.87. The van der Waals surface area contributed by atoms with Crippen LogP contribution < -0.4 is 0 Å². The first-order chi connectivity index (χ1) is 12.1. The molecule has 4 rings (SSSR count). The highest BCUT2D eigenvalue weighted by Crippen LogP contribution is 2.39. The van der Waals surface area contributed by atoms with Gasteiger partial charge in [-0.1, -0.05) is 50.2 Å². The van der Waals surface area contributed by atoms with Crippen LogP contribution in [0.15, 0.2) is 48.5 Å². The van der Waals surface area contributed by atoms with Crippen molar-refractivity contribution in [2.75, 3.05) is 6.54 Å². The molecule has 3 nitrogen and oxygen atoms in total. The van der Waals surface area contributed by atoms with E-state index in [4.69, 9.17) is 0 Å². The van der Waals surface area contributed by atoms with E-state index in [1.54, 1.807) is 0 Å². The second-order valence-corrected chi connectivity index (χ2v) is 7.32. The summed E-state index contributed by atoms with van der Waals surface area (Å²) in [6, 6.07) is 16.4. The SMILES string of the molecule is Cc1ccccc1C(=O)N1CCc2c([nH]c3ccccc23)[C@@H]1C(C)C. The Morgan fingerprint density at radius 2 is 1.84 bits per heavy atom. The molecule has 1 N–H and O–H groups in total. The molecule has 2 aromatic carbocycles. The number of rotatable bonds is 2. The molecule has 0 radical (unpaired) electrons. The summed E-state index contributed by atoms with van der Waals surface area (Å²) in [4.78, 5) is 18.9. The van der Waals surface area contributed by atoms with Crippen LogP contribution in [0, 0.1) is 12.8 Å². The van der Waals surface area contributed by atoms with E-state index in [0.717, 1.165) is 24.1 Å². The molecule has 0 spiro atoms. The van der Waals surface area contributed by atoms with Crippen LogP contribution in [0.4, 0.5) is 0 Å². The Labute approximate surface area is 148 Å². The second kappa shape index (κ2) is 6.07. The fraction of sp³-hybridized carbons (Fsp3) is 0.318. The number of aryl methyl sites for hydroxylation is 1. The van der Waals surface area contributed by atoms with Gasteiger partial charge in [0.1, 0.15) is 0 Å². The van der Waals surface area contributed by atoms with Gasteiger partial charge in [-0.3, -0.25) is 4.79 Å². The maximum atomic E-state index is 13.3. The Hall–Kier alpha value is -2.55. The lowest BCUT2D eigenvalue weighted by molar-refractivity contribution is 0.0598. The maximum absolute atomic E-state index is 13.3. The third-order valence-electron chi connectivity index (χ3n) is 5.35. The molecule has 0 unspecified atom stereocenters. The zero-order valence-electron chi connectivity index (χ0n) is 15.0. The molecule has 0 saturated carbocycles. The van der Waals surface area contributed by atoms with Crippen LogP contribution >= 0.6 is 0 Å². The number of hydrogen-bond donors (Lipinski definition) is 1. The third-order valence-corrected chi connectivity index (χ3v) is 5.35. The number of carbonyl (C=O) groups excluding carboxylic acids is 1. The van der Waals surface area contributed by atoms with Gasteiger partial charge in [-0.25, -0.2) is 0 Å². The van der Waals surface area contributed by atoms with Crippen molar-refractivity contribution in [1.29, 1.82) is 0 Å². The highest BCUT2D eigenvalue weighted by Gasteiger charge is 2.35. The van der Waals surface area contributed by atoms with Crippen LogP contribution in [0.2, 0.25) is 0 Å². The predicted molar refractivity (Wildman–Crippen MR) is 102 cm³/mol. The van der Waals surface area contributed by atoms with E-state index in [1.807, 2.05) is 31.2 Å². The summed E-state index contributed by atoms with van der Waals surface area (Å²) in [5.74, 6) is 0.487. The second-order valence-electron chi connectivity index (χ2n) is 7.32. The van der Waals surface area contributed by atoms with Crippen molar-refractivity contribution in [3.8, 4) is 0 Å². The van der Waals surface area contributed by atoms with Crippen LogP contribution in [-0.2, 0) is 6.42 Å². The minimum absolute atomic E-state index is 0.0863. The molecule has 1 atom stereocenters. The Morgan fingerprint density at radius 1 is 1.12 bits per heavy atom. The summed E-state index contributed by atoms with van der Waals surface area (Å²) in [5, 5.41) is 1.30. The number of fused-ring (bicyclic) bond motifs is 3. The lowest BCUT2D eigenvalue weighted by Crippen LogP contribution is -2.42. The van der Waals surface area contributed by atoms with E-state index in [0.29, 0.717) is 5.92 Å². The molecule has 0 bridgehead atoms. The van der Waals surface area contributed by atoms with Crippen LogP contribution in [0.3, 0.4) is 0 Å². The van der Waals surface area contributed by atoms with Crippen molar-refractivity contribution in [2.24, 2.45) is 5.92 Å². The van der Waals surface area contributed by atoms with Gasteiger partial charge in [0.25, 0.3) is 5.91 Å². The number of hydrogen-bond acceptors (Lipinski definition) is 1. The number of amides is 1. The van der Waals surface area contributed by atoms with Gasteiger partial charge < -0.3 is 9.88 Å². The smallest absolute Gasteiger partial charge is 0.254 e. The average molecular weight is 332 g/mol. The molecule has 128 valence electrons. The van der Waals surface area contributed by atoms with E-state index in [-0.39, 0.29) is 11.9 Å². The van der Waals surface area contributed by atoms with Gasteiger partial charge in [0.15, 0.2) is 0 Å². The standard InChI is InChI=1S/C22H24N2O/c1-14(2)21-20-18(17-10-6-7-11-19(17)23-20)12-13-24(21)22(25)16-9-5-4-8-15(16)3/h4-11,14,21,23H,12-13H2,1-3H3/t21-/m0/s1. The Balaban J connectivity index is 1.80. The number of carbonyl (C=O) groups is 1. The lowest BCUT2D eigenvalue weighted by atomic mass is 9.89. The first-order valence-corrected chi connectivity index (χ1v) is 9.04. The van der Waals surface area contributed by atoms with Gasteiger partial charge in [0.05, 0.1) is 6.04 Å². The number of nitrogens with one attached hydrogen (secondary N) is 1. The maximum Gasteiger partial charge on any atom is 0.254 e. The topological polar surface area (TPSA) is 36.1 Å². The molecule has 0 fully saturated rings. The zero-order valence-corrected chi connectivity index (χ0v) is 15.0. The molecule has 0 saturated heterocycles. The molecule has 0 aliphatic carbocycles. The first-order valence-electron chi connectivity index (χ1n) is 9.04. The quantitative estimate of drug-likeness (QED) is 0.714. The number of aromatic nitrogens is 1. The minimum atomic E-state index is 0.0863. The van der Waals surface area contributed by atoms with Crippen LogP contribution in [-0.4, -0.2) is 22.3 Å². The third kappa shape index (κ3) is 2.55. The molecule has 25 heavy (non-hydrogen) atoms. The van der Waals surface area contributed by atoms with Crippen molar-refractivity contribution in [1.82, 2.24) is 9.88 Å². The summed E-state index contributed by atoms with van der Waals surface area (Å²) in [6.45, 7) is 7.17. The number of benzene rings is 2. The molecular formula is C22H24N2O. The van der Waals surface area contributed by atoms with Crippen molar-refractivity contribution in [2.45, 2.75) is 33.2 Å². The summed E-state index contributed by atoms with van der Waals surface area (Å²) in [5.41, 5.74) is 5.61. The van der Waals surface area contributed by atoms with Crippen molar-refractivity contribution in [3.05, 3.63) is 70.9 Å². The van der Waals surface area contributed by atoms with Crippen LogP contribution in [0.1, 0.15) is 47.1 Å². The molecule has 1 amide bonds. The fourth-order valence-electron chi connectivity index (χ4n) is 4.16. The average Bonchev–Trinajstić information content (AvgIpc) is 2.99. The Morgan fingerprint density at radius 3 is 2.60 bits per heavy atom. The number of nitrogens with zero attached hydrogens (tertiary/aromatic N) is 1. The largest absolute Gasteiger partial charge is 0.356 e. The molecule has 1 aromatic heterocycles. The fourth-order valence-corrected chi connectivity index (χ4v) is 4.16. The van der Waals surface area contributed by atoms with Crippen LogP contribution in [0.5, 0.6) is 0 Å². The Bertz CT molecular complexity index is 938. The van der Waals surface area contributed by atoms with Gasteiger partial charge in [-0.05, 0) is 42.5 Å². The van der Waals surface area contributed by atoms with E-state index >= 15 is 0 Å². The van der Waals surface area contributed by atoms with Gasteiger partial charge in [0.2, 0.25) is 0 Å². The minimum Gasteiger partial charge on any atom is -0.356 e. The van der Waals surface area contributed by atoms with Gasteiger partial charge in [-0.15, -0.1) is 0 Å². The summed E-state index contributed by atoms with van der Waals surface area (Å²) in [7, 11) is 0. The normalized spacial score (nSPS) is 17.1. The monoisotopic (exact) mass is 332 g/mol. The van der Waals surface area contributed by atoms with Crippen LogP contribution in [0.25, 0.3) is 10.9 Å². The van der Waals surface area contributed by atoms with E-state index in [1.165, 1.54) is 22.2 Å². The summed E-state index contributed by atoms with van der Waals surface area (Å²) >= 11 is 0. The molecule has 1 aliphatic heterocycles. The highest BCUT2D eigenvalue weighted by atomic mass is 16.2. The van der Waals surface area contributed by atoms with Crippen molar-refractivity contribution < 1.29 is 4.79 Å². The molecule has 2 heterocycles. The van der Waals surface area contributed by atoms with E-state index in [9.17, 15) is 4.79 Å². The zero-order chi connectivity index (χ0) is 17.6. The van der Waals surface area contributed by atoms with Gasteiger partial charge >= 0.3 is 0 Å². The summed E-state index contributed by atoms with van der Waals surface area (Å²) in [6.07, 6.45) is 0.903. The summed E-state index contributed by atoms with van der Waals surface area (Å²) < 4.78 is 0. The molecule has 3 heteroatoms. The molecule has 1 aliphatic rings. The number of aromatic amines is 1. The molecule has 3 aromatic rings. The van der Waals surface area contributed by atoms with Gasteiger partial charge in [-0.2, -0.15) is 0 Å². The highest BCUT2D eigenvalue weighted by molar-refractivity contribution is 5.96. The van der Waals surface area contributed by atoms with E-state index < -0.39 is 0 Å². The Kier molecular flexibility index (Phi) is 3.87. The first kappa shape index (κ1) is 15.9.